The highest BCUT2D eigenvalue weighted by atomic mass is 35.6. The molecule has 0 aromatic carbocycles. The van der Waals surface area contributed by atoms with Gasteiger partial charge in [-0.25, -0.2) is 0 Å². The normalized spacial score (nSPS) is 18.1. The van der Waals surface area contributed by atoms with Crippen LogP contribution in [-0.4, -0.2) is 39.2 Å². The molecule has 0 aromatic rings. The highest BCUT2D eigenvalue weighted by Gasteiger charge is 2.61. The Balaban J connectivity index is 5.59. The van der Waals surface area contributed by atoms with Crippen LogP contribution in [0.25, 0.3) is 0 Å². The van der Waals surface area contributed by atoms with Gasteiger partial charge in [0.25, 0.3) is 0 Å². The average molecular weight is 374 g/mol. The molecule has 0 aliphatic heterocycles. The van der Waals surface area contributed by atoms with Gasteiger partial charge < -0.3 is 9.47 Å². The van der Waals surface area contributed by atoms with Crippen molar-refractivity contribution in [1.82, 2.24) is 0 Å². The van der Waals surface area contributed by atoms with E-state index in [0.717, 1.165) is 7.11 Å². The summed E-state index contributed by atoms with van der Waals surface area (Å²) in [5.74, 6) is -1.91. The number of carbonyl (C=O) groups is 2. The number of hydrogen-bond donors (Lipinski definition) is 0. The molecular weight excluding hydrogens is 361 g/mol. The molecule has 0 N–H and O–H groups in total. The van der Waals surface area contributed by atoms with E-state index >= 15 is 0 Å². The number of alkyl halides is 5. The van der Waals surface area contributed by atoms with Crippen molar-refractivity contribution < 1.29 is 19.1 Å². The Morgan fingerprint density at radius 2 is 1.53 bits per heavy atom. The minimum Gasteiger partial charge on any atom is -0.468 e. The maximum atomic E-state index is 11.8. The molecule has 0 fully saturated rings. The summed E-state index contributed by atoms with van der Waals surface area (Å²) in [4.78, 5) is 19.6. The van der Waals surface area contributed by atoms with Crippen molar-refractivity contribution in [2.24, 2.45) is 0 Å². The van der Waals surface area contributed by atoms with Crippen LogP contribution in [0, 0.1) is 0 Å². The first-order valence-electron chi connectivity index (χ1n) is 5.12. The van der Waals surface area contributed by atoms with Crippen molar-refractivity contribution in [3.63, 3.8) is 0 Å². The van der Waals surface area contributed by atoms with Gasteiger partial charge in [-0.2, -0.15) is 0 Å². The van der Waals surface area contributed by atoms with Gasteiger partial charge in [-0.15, -0.1) is 23.2 Å². The molecule has 0 radical (unpaired) electrons. The summed E-state index contributed by atoms with van der Waals surface area (Å²) in [6, 6.07) is 0. The summed E-state index contributed by atoms with van der Waals surface area (Å²) >= 11 is 29.1. The highest BCUT2D eigenvalue weighted by molar-refractivity contribution is 6.68. The van der Waals surface area contributed by atoms with Crippen LogP contribution in [0.5, 0.6) is 0 Å². The molecule has 112 valence electrons. The maximum Gasteiger partial charge on any atom is 0.329 e. The third-order valence-electron chi connectivity index (χ3n) is 2.36. The molecule has 0 rings (SSSR count). The second-order valence-electron chi connectivity index (χ2n) is 3.81. The third kappa shape index (κ3) is 4.71. The zero-order chi connectivity index (χ0) is 15.5. The lowest BCUT2D eigenvalue weighted by Gasteiger charge is -2.37. The number of carbonyl (C=O) groups excluding carboxylic acids is 2. The summed E-state index contributed by atoms with van der Waals surface area (Å²) in [6.45, 7) is 2.84. The van der Waals surface area contributed by atoms with Crippen LogP contribution in [0.3, 0.4) is 0 Å². The Morgan fingerprint density at radius 1 is 1.05 bits per heavy atom. The zero-order valence-corrected chi connectivity index (χ0v) is 14.2. The summed E-state index contributed by atoms with van der Waals surface area (Å²) < 4.78 is 7.40. The molecule has 0 amide bonds. The zero-order valence-electron chi connectivity index (χ0n) is 10.4. The van der Waals surface area contributed by atoms with E-state index in [4.69, 9.17) is 62.7 Å². The van der Waals surface area contributed by atoms with Crippen molar-refractivity contribution in [3.05, 3.63) is 0 Å². The van der Waals surface area contributed by atoms with Crippen molar-refractivity contribution in [1.29, 1.82) is 0 Å². The number of esters is 2. The van der Waals surface area contributed by atoms with Crippen LogP contribution in [0.15, 0.2) is 0 Å². The van der Waals surface area contributed by atoms with Gasteiger partial charge >= 0.3 is 11.9 Å². The quantitative estimate of drug-likeness (QED) is 0.546. The molecule has 19 heavy (non-hydrogen) atoms. The Morgan fingerprint density at radius 3 is 1.84 bits per heavy atom. The first-order chi connectivity index (χ1) is 8.42. The summed E-state index contributed by atoms with van der Waals surface area (Å²) in [5.41, 5.74) is 0. The molecular formula is C10H13Cl5O4. The van der Waals surface area contributed by atoms with Gasteiger partial charge in [0.1, 0.15) is 0 Å². The first-order valence-corrected chi connectivity index (χ1v) is 7.01. The van der Waals surface area contributed by atoms with Gasteiger partial charge in [0.2, 0.25) is 0 Å². The van der Waals surface area contributed by atoms with Gasteiger partial charge in [-0.3, -0.25) is 9.59 Å². The topological polar surface area (TPSA) is 52.6 Å². The molecule has 0 bridgehead atoms. The Labute approximate surface area is 136 Å². The van der Waals surface area contributed by atoms with E-state index in [1.165, 1.54) is 6.92 Å². The number of methoxy groups -OCH3 is 1. The molecule has 0 aromatic heterocycles. The molecule has 0 aliphatic rings. The first kappa shape index (κ1) is 19.4. The van der Waals surface area contributed by atoms with Crippen molar-refractivity contribution in [2.75, 3.05) is 13.7 Å². The molecule has 9 heteroatoms. The van der Waals surface area contributed by atoms with Gasteiger partial charge in [-0.05, 0) is 13.8 Å². The van der Waals surface area contributed by atoms with Gasteiger partial charge in [0.05, 0.1) is 13.7 Å². The predicted octanol–water partition coefficient (Wildman–Crippen LogP) is 3.46. The largest absolute Gasteiger partial charge is 0.468 e. The molecule has 0 saturated heterocycles. The maximum absolute atomic E-state index is 11.8. The van der Waals surface area contributed by atoms with E-state index in [1.807, 2.05) is 0 Å². The van der Waals surface area contributed by atoms with E-state index in [1.54, 1.807) is 6.92 Å². The standard InChI is InChI=1S/C10H13Cl5O4/c1-4-19-6(16)8(2,11)9(12,7(17)18-3)5-10(13,14)15/h4-5H2,1-3H3. The Kier molecular flexibility index (Phi) is 7.04. The summed E-state index contributed by atoms with van der Waals surface area (Å²) in [7, 11) is 1.08. The monoisotopic (exact) mass is 372 g/mol. The molecule has 2 unspecified atom stereocenters. The van der Waals surface area contributed by atoms with E-state index in [2.05, 4.69) is 4.74 Å². The summed E-state index contributed by atoms with van der Waals surface area (Å²) in [5, 5.41) is 0. The van der Waals surface area contributed by atoms with Crippen LogP contribution in [0.4, 0.5) is 0 Å². The number of hydrogen-bond acceptors (Lipinski definition) is 4. The minimum absolute atomic E-state index is 0.0586. The van der Waals surface area contributed by atoms with Crippen LogP contribution >= 0.6 is 58.0 Å². The van der Waals surface area contributed by atoms with Crippen molar-refractivity contribution >= 4 is 69.9 Å². The Bertz CT molecular complexity index is 352. The molecule has 0 heterocycles. The molecule has 0 spiro atoms. The van der Waals surface area contributed by atoms with E-state index in [0.29, 0.717) is 0 Å². The molecule has 2 atom stereocenters. The van der Waals surface area contributed by atoms with Crippen LogP contribution < -0.4 is 0 Å². The summed E-state index contributed by atoms with van der Waals surface area (Å²) in [6.07, 6.45) is -0.530. The molecule has 0 saturated carbocycles. The molecule has 0 aliphatic carbocycles. The number of halogens is 5. The SMILES string of the molecule is CCOC(=O)C(C)(Cl)C(Cl)(CC(Cl)(Cl)Cl)C(=O)OC. The molecule has 4 nitrogen and oxygen atoms in total. The lowest BCUT2D eigenvalue weighted by Crippen LogP contribution is -2.57. The van der Waals surface area contributed by atoms with Gasteiger partial charge in [0, 0.05) is 6.42 Å². The second kappa shape index (κ2) is 6.90. The fraction of sp³-hybridized carbons (Fsp3) is 0.800. The van der Waals surface area contributed by atoms with E-state index in [-0.39, 0.29) is 6.61 Å². The van der Waals surface area contributed by atoms with E-state index < -0.39 is 31.9 Å². The van der Waals surface area contributed by atoms with Crippen molar-refractivity contribution in [3.8, 4) is 0 Å². The Hall–Kier alpha value is 0.390. The van der Waals surface area contributed by atoms with Crippen LogP contribution in [-0.2, 0) is 19.1 Å². The average Bonchev–Trinajstić information content (AvgIpc) is 2.25. The fourth-order valence-corrected chi connectivity index (χ4v) is 2.66. The van der Waals surface area contributed by atoms with Gasteiger partial charge in [-0.1, -0.05) is 34.8 Å². The number of rotatable bonds is 5. The smallest absolute Gasteiger partial charge is 0.329 e. The second-order valence-corrected chi connectivity index (χ2v) is 7.73. The van der Waals surface area contributed by atoms with Crippen LogP contribution in [0.1, 0.15) is 20.3 Å². The highest BCUT2D eigenvalue weighted by Crippen LogP contribution is 2.47. The lowest BCUT2D eigenvalue weighted by atomic mass is 9.89. The van der Waals surface area contributed by atoms with E-state index in [9.17, 15) is 9.59 Å². The lowest BCUT2D eigenvalue weighted by molar-refractivity contribution is -0.155. The van der Waals surface area contributed by atoms with Crippen molar-refractivity contribution in [2.45, 2.75) is 33.8 Å². The third-order valence-corrected chi connectivity index (χ3v) is 4.00. The van der Waals surface area contributed by atoms with Crippen LogP contribution in [0.2, 0.25) is 0 Å². The predicted molar refractivity (Wildman–Crippen MR) is 76.4 cm³/mol. The fourth-order valence-electron chi connectivity index (χ4n) is 1.30. The van der Waals surface area contributed by atoms with Gasteiger partial charge in [0.15, 0.2) is 13.5 Å². The minimum atomic E-state index is -2.08. The number of ether oxygens (including phenoxy) is 2.